The third kappa shape index (κ3) is 4.43. The lowest BCUT2D eigenvalue weighted by Crippen LogP contribution is -2.29. The Morgan fingerprint density at radius 2 is 1.76 bits per heavy atom. The van der Waals surface area contributed by atoms with Gasteiger partial charge in [0.1, 0.15) is 6.29 Å². The molecule has 21 heavy (non-hydrogen) atoms. The van der Waals surface area contributed by atoms with Crippen LogP contribution in [0.4, 0.5) is 0 Å². The van der Waals surface area contributed by atoms with Crippen LogP contribution in [-0.4, -0.2) is 6.29 Å². The van der Waals surface area contributed by atoms with E-state index in [1.807, 2.05) is 0 Å². The molecule has 0 saturated heterocycles. The van der Waals surface area contributed by atoms with E-state index in [9.17, 15) is 4.79 Å². The van der Waals surface area contributed by atoms with Gasteiger partial charge in [0.05, 0.1) is 0 Å². The van der Waals surface area contributed by atoms with Crippen LogP contribution in [0.3, 0.4) is 0 Å². The van der Waals surface area contributed by atoms with E-state index in [1.54, 1.807) is 5.56 Å². The van der Waals surface area contributed by atoms with Gasteiger partial charge in [0, 0.05) is 6.42 Å². The molecule has 1 saturated carbocycles. The quantitative estimate of drug-likeness (QED) is 0.449. The van der Waals surface area contributed by atoms with Gasteiger partial charge in [-0.3, -0.25) is 0 Å². The van der Waals surface area contributed by atoms with Crippen molar-refractivity contribution in [2.45, 2.75) is 83.0 Å². The minimum Gasteiger partial charge on any atom is -0.303 e. The third-order valence-electron chi connectivity index (χ3n) is 5.19. The highest BCUT2D eigenvalue weighted by molar-refractivity contribution is 5.50. The van der Waals surface area contributed by atoms with Crippen molar-refractivity contribution in [1.29, 1.82) is 0 Å². The number of aryl methyl sites for hydroxylation is 1. The van der Waals surface area contributed by atoms with Crippen LogP contribution in [0.1, 0.15) is 82.3 Å². The van der Waals surface area contributed by atoms with Crippen molar-refractivity contribution < 1.29 is 4.79 Å². The molecule has 1 aromatic rings. The average Bonchev–Trinajstić information content (AvgIpc) is 2.54. The minimum atomic E-state index is 0.441. The number of hydrogen-bond donors (Lipinski definition) is 0. The summed E-state index contributed by atoms with van der Waals surface area (Å²) >= 11 is 0. The van der Waals surface area contributed by atoms with Gasteiger partial charge in [-0.15, -0.1) is 0 Å². The molecule has 0 atom stereocenters. The van der Waals surface area contributed by atoms with Gasteiger partial charge in [-0.2, -0.15) is 0 Å². The maximum Gasteiger partial charge on any atom is 0.120 e. The number of carbonyl (C=O) groups excluding carboxylic acids is 1. The Morgan fingerprint density at radius 3 is 2.38 bits per heavy atom. The van der Waals surface area contributed by atoms with Crippen LogP contribution in [-0.2, 0) is 16.6 Å². The van der Waals surface area contributed by atoms with Gasteiger partial charge >= 0.3 is 0 Å². The van der Waals surface area contributed by atoms with Gasteiger partial charge in [-0.1, -0.05) is 69.7 Å². The van der Waals surface area contributed by atoms with Crippen molar-refractivity contribution in [3.05, 3.63) is 35.4 Å². The lowest BCUT2D eigenvalue weighted by molar-refractivity contribution is -0.107. The van der Waals surface area contributed by atoms with Crippen LogP contribution >= 0.6 is 0 Å². The molecule has 0 bridgehead atoms. The van der Waals surface area contributed by atoms with Gasteiger partial charge in [0.25, 0.3) is 0 Å². The fraction of sp³-hybridized carbons (Fsp3) is 0.650. The minimum absolute atomic E-state index is 0.441. The summed E-state index contributed by atoms with van der Waals surface area (Å²) in [7, 11) is 0. The van der Waals surface area contributed by atoms with E-state index in [1.165, 1.54) is 63.4 Å². The van der Waals surface area contributed by atoms with Gasteiger partial charge in [-0.25, -0.2) is 0 Å². The first-order valence-corrected chi connectivity index (χ1v) is 8.84. The summed E-state index contributed by atoms with van der Waals surface area (Å²) in [5, 5.41) is 0. The van der Waals surface area contributed by atoms with E-state index >= 15 is 0 Å². The summed E-state index contributed by atoms with van der Waals surface area (Å²) in [6.45, 7) is 2.29. The Hall–Kier alpha value is -1.11. The summed E-state index contributed by atoms with van der Waals surface area (Å²) in [5.41, 5.74) is 3.29. The molecule has 1 aliphatic rings. The normalized spacial score (nSPS) is 17.6. The van der Waals surface area contributed by atoms with Crippen molar-refractivity contribution in [3.8, 4) is 0 Å². The Bertz CT molecular complexity index is 412. The molecule has 0 heterocycles. The molecule has 116 valence electrons. The predicted octanol–water partition coefficient (Wildman–Crippen LogP) is 5.60. The maximum atomic E-state index is 10.5. The first-order chi connectivity index (χ1) is 10.3. The van der Waals surface area contributed by atoms with Crippen LogP contribution in [0.25, 0.3) is 0 Å². The van der Waals surface area contributed by atoms with Crippen molar-refractivity contribution in [3.63, 3.8) is 0 Å². The number of aldehydes is 1. The monoisotopic (exact) mass is 286 g/mol. The highest BCUT2D eigenvalue weighted by Gasteiger charge is 2.32. The summed E-state index contributed by atoms with van der Waals surface area (Å²) in [5.74, 6) is 0. The van der Waals surface area contributed by atoms with E-state index < -0.39 is 0 Å². The molecule has 0 N–H and O–H groups in total. The first kappa shape index (κ1) is 16.3. The molecular formula is C20H30O. The average molecular weight is 286 g/mol. The number of benzene rings is 1. The standard InChI is InChI=1S/C20H30O/c1-2-3-5-14-20(15-6-4-7-16-20)19-12-10-18(11-13-19)9-8-17-21/h10-13,17H,2-9,14-16H2,1H3. The van der Waals surface area contributed by atoms with E-state index in [2.05, 4.69) is 31.2 Å². The molecule has 0 aromatic heterocycles. The predicted molar refractivity (Wildman–Crippen MR) is 89.7 cm³/mol. The second-order valence-electron chi connectivity index (χ2n) is 6.70. The van der Waals surface area contributed by atoms with Crippen molar-refractivity contribution >= 4 is 6.29 Å². The molecule has 1 aromatic carbocycles. The van der Waals surface area contributed by atoms with Gasteiger partial charge < -0.3 is 4.79 Å². The van der Waals surface area contributed by atoms with Crippen LogP contribution in [0.5, 0.6) is 0 Å². The van der Waals surface area contributed by atoms with Crippen LogP contribution in [0.15, 0.2) is 24.3 Å². The lowest BCUT2D eigenvalue weighted by Gasteiger charge is -2.38. The number of unbranched alkanes of at least 4 members (excludes halogenated alkanes) is 2. The molecule has 2 rings (SSSR count). The van der Waals surface area contributed by atoms with E-state index in [4.69, 9.17) is 0 Å². The number of hydrogen-bond acceptors (Lipinski definition) is 1. The zero-order chi connectivity index (χ0) is 15.0. The SMILES string of the molecule is CCCCCC1(c2ccc(CCC=O)cc2)CCCCC1. The summed E-state index contributed by atoms with van der Waals surface area (Å²) in [6, 6.07) is 9.18. The molecule has 1 aliphatic carbocycles. The smallest absolute Gasteiger partial charge is 0.120 e. The zero-order valence-electron chi connectivity index (χ0n) is 13.6. The topological polar surface area (TPSA) is 17.1 Å². The van der Waals surface area contributed by atoms with Crippen molar-refractivity contribution in [1.82, 2.24) is 0 Å². The van der Waals surface area contributed by atoms with Crippen LogP contribution in [0, 0.1) is 0 Å². The Balaban J connectivity index is 2.09. The largest absolute Gasteiger partial charge is 0.303 e. The summed E-state index contributed by atoms with van der Waals surface area (Å²) < 4.78 is 0. The molecule has 1 nitrogen and oxygen atoms in total. The zero-order valence-corrected chi connectivity index (χ0v) is 13.6. The maximum absolute atomic E-state index is 10.5. The summed E-state index contributed by atoms with van der Waals surface area (Å²) in [4.78, 5) is 10.5. The lowest BCUT2D eigenvalue weighted by atomic mass is 9.66. The summed E-state index contributed by atoms with van der Waals surface area (Å²) in [6.07, 6.45) is 14.8. The van der Waals surface area contributed by atoms with Gasteiger partial charge in [0.2, 0.25) is 0 Å². The first-order valence-electron chi connectivity index (χ1n) is 8.84. The molecule has 0 radical (unpaired) electrons. The molecule has 1 heteroatoms. The Kier molecular flexibility index (Phi) is 6.48. The van der Waals surface area contributed by atoms with Crippen molar-refractivity contribution in [2.75, 3.05) is 0 Å². The van der Waals surface area contributed by atoms with Gasteiger partial charge in [0.15, 0.2) is 0 Å². The highest BCUT2D eigenvalue weighted by Crippen LogP contribution is 2.43. The van der Waals surface area contributed by atoms with E-state index in [0.29, 0.717) is 11.8 Å². The van der Waals surface area contributed by atoms with Crippen molar-refractivity contribution in [2.24, 2.45) is 0 Å². The molecular weight excluding hydrogens is 256 g/mol. The Labute approximate surface area is 130 Å². The van der Waals surface area contributed by atoms with Gasteiger partial charge in [-0.05, 0) is 42.2 Å². The fourth-order valence-corrected chi connectivity index (χ4v) is 3.88. The van der Waals surface area contributed by atoms with E-state index in [0.717, 1.165) is 12.7 Å². The van der Waals surface area contributed by atoms with Crippen LogP contribution < -0.4 is 0 Å². The Morgan fingerprint density at radius 1 is 1.05 bits per heavy atom. The second kappa shape index (κ2) is 8.36. The highest BCUT2D eigenvalue weighted by atomic mass is 16.1. The fourth-order valence-electron chi connectivity index (χ4n) is 3.88. The van der Waals surface area contributed by atoms with E-state index in [-0.39, 0.29) is 0 Å². The van der Waals surface area contributed by atoms with Crippen LogP contribution in [0.2, 0.25) is 0 Å². The second-order valence-corrected chi connectivity index (χ2v) is 6.70. The number of carbonyl (C=O) groups is 1. The number of rotatable bonds is 8. The molecule has 0 amide bonds. The molecule has 0 unspecified atom stereocenters. The molecule has 0 aliphatic heterocycles. The molecule has 1 fully saturated rings. The third-order valence-corrected chi connectivity index (χ3v) is 5.19. The molecule has 0 spiro atoms.